The molecule has 0 bridgehead atoms. The van der Waals surface area contributed by atoms with Crippen molar-refractivity contribution in [2.24, 2.45) is 5.92 Å². The second-order valence-corrected chi connectivity index (χ2v) is 7.19. The zero-order chi connectivity index (χ0) is 15.5. The molecule has 1 atom stereocenters. The van der Waals surface area contributed by atoms with Crippen LogP contribution in [0.15, 0.2) is 21.5 Å². The highest BCUT2D eigenvalue weighted by Crippen LogP contribution is 2.27. The van der Waals surface area contributed by atoms with Crippen molar-refractivity contribution >= 4 is 26.0 Å². The van der Waals surface area contributed by atoms with Crippen molar-refractivity contribution in [3.63, 3.8) is 0 Å². The van der Waals surface area contributed by atoms with Gasteiger partial charge in [-0.05, 0) is 34.3 Å². The Bertz CT molecular complexity index is 555. The van der Waals surface area contributed by atoms with Crippen LogP contribution in [0.3, 0.4) is 0 Å². The normalized spacial score (nSPS) is 13.8. The number of nitrogens with one attached hydrogen (secondary N) is 1. The van der Waals surface area contributed by atoms with Crippen LogP contribution in [-0.2, 0) is 10.0 Å². The van der Waals surface area contributed by atoms with E-state index in [-0.39, 0.29) is 23.4 Å². The molecule has 0 radical (unpaired) electrons. The van der Waals surface area contributed by atoms with Gasteiger partial charge in [-0.25, -0.2) is 21.9 Å². The first-order valence-corrected chi connectivity index (χ1v) is 8.24. The highest BCUT2D eigenvalue weighted by Gasteiger charge is 2.27. The fraction of sp³-hybridized carbons (Fsp3) is 0.500. The predicted octanol–water partition coefficient (Wildman–Crippen LogP) is 2.41. The summed E-state index contributed by atoms with van der Waals surface area (Å²) in [7, 11) is -4.15. The maximum absolute atomic E-state index is 13.7. The molecule has 0 aliphatic heterocycles. The van der Waals surface area contributed by atoms with Gasteiger partial charge in [0.2, 0.25) is 10.0 Å². The quantitative estimate of drug-likeness (QED) is 0.806. The Hall–Kier alpha value is -0.570. The number of hydrogen-bond donors (Lipinski definition) is 2. The molecule has 114 valence electrons. The van der Waals surface area contributed by atoms with Crippen LogP contribution in [0.1, 0.15) is 20.3 Å². The van der Waals surface area contributed by atoms with Gasteiger partial charge in [-0.3, -0.25) is 0 Å². The lowest BCUT2D eigenvalue weighted by atomic mass is 10.0. The van der Waals surface area contributed by atoms with Gasteiger partial charge >= 0.3 is 0 Å². The van der Waals surface area contributed by atoms with Gasteiger partial charge in [0.25, 0.3) is 0 Å². The van der Waals surface area contributed by atoms with E-state index in [4.69, 9.17) is 5.11 Å². The number of hydrogen-bond acceptors (Lipinski definition) is 3. The summed E-state index contributed by atoms with van der Waals surface area (Å²) in [6, 6.07) is 0.852. The summed E-state index contributed by atoms with van der Waals surface area (Å²) in [6.45, 7) is 3.36. The van der Waals surface area contributed by atoms with Gasteiger partial charge in [0.15, 0.2) is 0 Å². The Morgan fingerprint density at radius 2 is 1.95 bits per heavy atom. The molecule has 0 aliphatic rings. The van der Waals surface area contributed by atoms with Crippen LogP contribution in [-0.4, -0.2) is 26.2 Å². The Balaban J connectivity index is 3.17. The molecule has 0 fully saturated rings. The van der Waals surface area contributed by atoms with Crippen molar-refractivity contribution in [1.82, 2.24) is 4.72 Å². The molecular weight excluding hydrogens is 356 g/mol. The van der Waals surface area contributed by atoms with Crippen molar-refractivity contribution in [3.8, 4) is 0 Å². The van der Waals surface area contributed by atoms with Gasteiger partial charge in [0.1, 0.15) is 16.5 Å². The first-order valence-electron chi connectivity index (χ1n) is 5.96. The van der Waals surface area contributed by atoms with E-state index in [1.807, 2.05) is 0 Å². The molecule has 8 heteroatoms. The minimum Gasteiger partial charge on any atom is -0.396 e. The van der Waals surface area contributed by atoms with Gasteiger partial charge in [-0.15, -0.1) is 0 Å². The molecule has 0 heterocycles. The van der Waals surface area contributed by atoms with E-state index in [0.29, 0.717) is 6.07 Å². The first-order chi connectivity index (χ1) is 9.19. The summed E-state index contributed by atoms with van der Waals surface area (Å²) in [5.74, 6) is -2.13. The predicted molar refractivity (Wildman–Crippen MR) is 74.7 cm³/mol. The molecule has 1 rings (SSSR count). The van der Waals surface area contributed by atoms with E-state index in [1.54, 1.807) is 13.8 Å². The Morgan fingerprint density at radius 1 is 1.35 bits per heavy atom. The molecule has 20 heavy (non-hydrogen) atoms. The molecule has 2 N–H and O–H groups in total. The summed E-state index contributed by atoms with van der Waals surface area (Å²) in [4.78, 5) is -0.637. The summed E-state index contributed by atoms with van der Waals surface area (Å²) in [5, 5.41) is 8.93. The van der Waals surface area contributed by atoms with Gasteiger partial charge in [-0.1, -0.05) is 13.8 Å². The Morgan fingerprint density at radius 3 is 2.40 bits per heavy atom. The van der Waals surface area contributed by atoms with Gasteiger partial charge in [-0.2, -0.15) is 0 Å². The summed E-state index contributed by atoms with van der Waals surface area (Å²) in [6.07, 6.45) is 0.206. The van der Waals surface area contributed by atoms with Crippen molar-refractivity contribution in [3.05, 3.63) is 28.2 Å². The minimum absolute atomic E-state index is 0.0841. The number of benzene rings is 1. The van der Waals surface area contributed by atoms with Crippen LogP contribution in [0.5, 0.6) is 0 Å². The fourth-order valence-corrected chi connectivity index (χ4v) is 4.30. The number of sulfonamides is 1. The van der Waals surface area contributed by atoms with E-state index < -0.39 is 32.6 Å². The van der Waals surface area contributed by atoms with Crippen LogP contribution in [0.25, 0.3) is 0 Å². The van der Waals surface area contributed by atoms with E-state index in [2.05, 4.69) is 20.7 Å². The Labute approximate surface area is 125 Å². The fourth-order valence-electron chi connectivity index (χ4n) is 1.71. The van der Waals surface area contributed by atoms with Crippen molar-refractivity contribution in [2.75, 3.05) is 6.61 Å². The zero-order valence-corrected chi connectivity index (χ0v) is 13.4. The van der Waals surface area contributed by atoms with Crippen molar-refractivity contribution < 1.29 is 22.3 Å². The smallest absolute Gasteiger partial charge is 0.244 e. The van der Waals surface area contributed by atoms with E-state index in [0.717, 1.165) is 6.07 Å². The molecule has 1 unspecified atom stereocenters. The average Bonchev–Trinajstić information content (AvgIpc) is 2.25. The van der Waals surface area contributed by atoms with Crippen LogP contribution in [0.2, 0.25) is 0 Å². The van der Waals surface area contributed by atoms with Crippen molar-refractivity contribution in [2.45, 2.75) is 31.2 Å². The molecule has 0 saturated heterocycles. The lowest BCUT2D eigenvalue weighted by Crippen LogP contribution is -2.39. The lowest BCUT2D eigenvalue weighted by Gasteiger charge is -2.22. The van der Waals surface area contributed by atoms with Crippen molar-refractivity contribution in [1.29, 1.82) is 0 Å². The molecule has 0 saturated carbocycles. The number of aliphatic hydroxyl groups is 1. The second-order valence-electron chi connectivity index (χ2n) is 4.68. The van der Waals surface area contributed by atoms with E-state index in [9.17, 15) is 17.2 Å². The summed E-state index contributed by atoms with van der Waals surface area (Å²) in [5.41, 5.74) is 0. The first kappa shape index (κ1) is 17.5. The zero-order valence-electron chi connectivity index (χ0n) is 11.0. The molecule has 0 aromatic heterocycles. The number of aliphatic hydroxyl groups excluding tert-OH is 1. The van der Waals surface area contributed by atoms with Crippen LogP contribution < -0.4 is 4.72 Å². The highest BCUT2D eigenvalue weighted by atomic mass is 79.9. The van der Waals surface area contributed by atoms with E-state index >= 15 is 0 Å². The number of halogens is 3. The standard InChI is InChI=1S/C12H16BrF2NO3S/c1-7(2)11(3-4-17)16-20(18,19)12-9(13)5-8(14)6-10(12)15/h5-7,11,16-17H,3-4H2,1-2H3. The van der Waals surface area contributed by atoms with Gasteiger partial charge < -0.3 is 5.11 Å². The third kappa shape index (κ3) is 4.21. The third-order valence-corrected chi connectivity index (χ3v) is 5.24. The summed E-state index contributed by atoms with van der Waals surface area (Å²) < 4.78 is 53.2. The molecule has 1 aromatic carbocycles. The van der Waals surface area contributed by atoms with Gasteiger partial charge in [0.05, 0.1) is 0 Å². The van der Waals surface area contributed by atoms with Crippen LogP contribution in [0, 0.1) is 17.6 Å². The molecule has 0 aliphatic carbocycles. The van der Waals surface area contributed by atoms with Crippen LogP contribution >= 0.6 is 15.9 Å². The minimum atomic E-state index is -4.15. The Kier molecular flexibility index (Phi) is 6.06. The third-order valence-electron chi connectivity index (χ3n) is 2.78. The second kappa shape index (κ2) is 6.93. The number of rotatable bonds is 6. The monoisotopic (exact) mass is 371 g/mol. The van der Waals surface area contributed by atoms with Crippen LogP contribution in [0.4, 0.5) is 8.78 Å². The van der Waals surface area contributed by atoms with E-state index in [1.165, 1.54) is 0 Å². The highest BCUT2D eigenvalue weighted by molar-refractivity contribution is 9.10. The molecular formula is C12H16BrF2NO3S. The topological polar surface area (TPSA) is 66.4 Å². The average molecular weight is 372 g/mol. The molecule has 1 aromatic rings. The van der Waals surface area contributed by atoms with Gasteiger partial charge in [0, 0.05) is 23.2 Å². The maximum Gasteiger partial charge on any atom is 0.244 e. The largest absolute Gasteiger partial charge is 0.396 e. The summed E-state index contributed by atoms with van der Waals surface area (Å²) >= 11 is 2.85. The maximum atomic E-state index is 13.7. The molecule has 0 spiro atoms. The SMILES string of the molecule is CC(C)C(CCO)NS(=O)(=O)c1c(F)cc(F)cc1Br. The lowest BCUT2D eigenvalue weighted by molar-refractivity contribution is 0.255. The molecule has 0 amide bonds. The molecule has 4 nitrogen and oxygen atoms in total.